The Morgan fingerprint density at radius 1 is 0.327 bits per heavy atom. The van der Waals surface area contributed by atoms with E-state index in [0.717, 1.165) is 39.0 Å². The summed E-state index contributed by atoms with van der Waals surface area (Å²) in [7, 11) is 0. The summed E-state index contributed by atoms with van der Waals surface area (Å²) in [4.78, 5) is 2.36. The summed E-state index contributed by atoms with van der Waals surface area (Å²) in [5.41, 5.74) is 12.3. The lowest BCUT2D eigenvalue weighted by Gasteiger charge is -2.27. The lowest BCUT2D eigenvalue weighted by molar-refractivity contribution is 0.669. The number of rotatable bonds is 6. The largest absolute Gasteiger partial charge is 0.456 e. The highest BCUT2D eigenvalue weighted by Gasteiger charge is 2.20. The van der Waals surface area contributed by atoms with Gasteiger partial charge in [0.2, 0.25) is 0 Å². The molecule has 0 aliphatic heterocycles. The molecular weight excluding hydrogens is 631 g/mol. The number of benzene rings is 9. The Morgan fingerprint density at radius 2 is 0.865 bits per heavy atom. The minimum atomic E-state index is 0.873. The standard InChI is InChI=1S/C50H33NO/c1-2-11-34(12-3-1)38-27-32-45-39(33-38)15-9-19-44(45)37-25-30-41(31-26-37)51(47-20-10-22-49-50(47)46-17-6-7-21-48(46)52-49)40-28-23-36(24-29-40)43-18-8-14-35-13-4-5-16-42(35)43/h1-33H. The Bertz CT molecular complexity index is 2880. The van der Waals surface area contributed by atoms with E-state index in [1.807, 2.05) is 12.1 Å². The second kappa shape index (κ2) is 12.5. The third kappa shape index (κ3) is 5.12. The summed E-state index contributed by atoms with van der Waals surface area (Å²) >= 11 is 0. The summed E-state index contributed by atoms with van der Waals surface area (Å²) in [5.74, 6) is 0. The Kier molecular flexibility index (Phi) is 7.18. The number of fused-ring (bicyclic) bond motifs is 5. The van der Waals surface area contributed by atoms with Crippen LogP contribution in [0.3, 0.4) is 0 Å². The highest BCUT2D eigenvalue weighted by atomic mass is 16.3. The van der Waals surface area contributed by atoms with Crippen molar-refractivity contribution in [2.24, 2.45) is 0 Å². The highest BCUT2D eigenvalue weighted by molar-refractivity contribution is 6.13. The number of nitrogens with zero attached hydrogens (tertiary/aromatic N) is 1. The van der Waals surface area contributed by atoms with Crippen molar-refractivity contribution in [3.63, 3.8) is 0 Å². The fourth-order valence-corrected chi connectivity index (χ4v) is 7.77. The van der Waals surface area contributed by atoms with Crippen LogP contribution in [-0.4, -0.2) is 0 Å². The fraction of sp³-hybridized carbons (Fsp3) is 0. The van der Waals surface area contributed by atoms with Gasteiger partial charge in [-0.3, -0.25) is 0 Å². The third-order valence-corrected chi connectivity index (χ3v) is 10.3. The summed E-state index contributed by atoms with van der Waals surface area (Å²) in [5, 5.41) is 7.17. The molecule has 2 heteroatoms. The van der Waals surface area contributed by atoms with Crippen LogP contribution in [-0.2, 0) is 0 Å². The maximum atomic E-state index is 6.36. The second-order valence-corrected chi connectivity index (χ2v) is 13.3. The van der Waals surface area contributed by atoms with Crippen LogP contribution in [0.15, 0.2) is 205 Å². The zero-order chi connectivity index (χ0) is 34.4. The molecule has 244 valence electrons. The topological polar surface area (TPSA) is 16.4 Å². The predicted octanol–water partition coefficient (Wildman–Crippen LogP) is 14.4. The van der Waals surface area contributed by atoms with Gasteiger partial charge in [0.05, 0.1) is 11.1 Å². The molecule has 0 saturated heterocycles. The number of hydrogen-bond acceptors (Lipinski definition) is 2. The van der Waals surface area contributed by atoms with Gasteiger partial charge in [0.1, 0.15) is 11.2 Å². The lowest BCUT2D eigenvalue weighted by Crippen LogP contribution is -2.10. The molecule has 0 amide bonds. The van der Waals surface area contributed by atoms with Crippen LogP contribution in [0.2, 0.25) is 0 Å². The van der Waals surface area contributed by atoms with Crippen LogP contribution in [0.5, 0.6) is 0 Å². The van der Waals surface area contributed by atoms with Crippen LogP contribution in [0.4, 0.5) is 17.1 Å². The molecule has 0 radical (unpaired) electrons. The molecule has 0 unspecified atom stereocenters. The Labute approximate surface area is 302 Å². The summed E-state index contributed by atoms with van der Waals surface area (Å²) in [6, 6.07) is 71.7. The number of hydrogen-bond donors (Lipinski definition) is 0. The van der Waals surface area contributed by atoms with Gasteiger partial charge in [-0.05, 0) is 103 Å². The van der Waals surface area contributed by atoms with E-state index in [4.69, 9.17) is 4.42 Å². The molecule has 0 saturated carbocycles. The molecule has 0 N–H and O–H groups in total. The van der Waals surface area contributed by atoms with Crippen molar-refractivity contribution in [3.05, 3.63) is 200 Å². The van der Waals surface area contributed by atoms with Crippen LogP contribution in [0.25, 0.3) is 76.9 Å². The molecule has 2 nitrogen and oxygen atoms in total. The van der Waals surface area contributed by atoms with Crippen molar-refractivity contribution in [1.82, 2.24) is 0 Å². The van der Waals surface area contributed by atoms with Crippen LogP contribution >= 0.6 is 0 Å². The first kappa shape index (κ1) is 30.0. The Balaban J connectivity index is 1.09. The van der Waals surface area contributed by atoms with E-state index in [1.54, 1.807) is 0 Å². The minimum absolute atomic E-state index is 0.873. The number of para-hydroxylation sites is 1. The molecule has 0 fully saturated rings. The molecule has 0 aliphatic rings. The molecule has 10 rings (SSSR count). The van der Waals surface area contributed by atoms with Crippen molar-refractivity contribution in [1.29, 1.82) is 0 Å². The molecular formula is C50H33NO. The smallest absolute Gasteiger partial charge is 0.137 e. The van der Waals surface area contributed by atoms with Crippen molar-refractivity contribution in [3.8, 4) is 33.4 Å². The van der Waals surface area contributed by atoms with Gasteiger partial charge in [-0.15, -0.1) is 0 Å². The molecule has 0 spiro atoms. The molecule has 52 heavy (non-hydrogen) atoms. The van der Waals surface area contributed by atoms with Gasteiger partial charge in [-0.25, -0.2) is 0 Å². The fourth-order valence-electron chi connectivity index (χ4n) is 7.77. The maximum absolute atomic E-state index is 6.36. The van der Waals surface area contributed by atoms with Gasteiger partial charge in [-0.2, -0.15) is 0 Å². The van der Waals surface area contributed by atoms with Gasteiger partial charge in [-0.1, -0.05) is 152 Å². The van der Waals surface area contributed by atoms with E-state index < -0.39 is 0 Å². The monoisotopic (exact) mass is 663 g/mol. The first-order chi connectivity index (χ1) is 25.8. The average molecular weight is 664 g/mol. The molecule has 1 aromatic heterocycles. The van der Waals surface area contributed by atoms with Crippen molar-refractivity contribution in [2.75, 3.05) is 4.90 Å². The van der Waals surface area contributed by atoms with Gasteiger partial charge in [0.15, 0.2) is 0 Å². The second-order valence-electron chi connectivity index (χ2n) is 13.3. The molecule has 0 atom stereocenters. The Morgan fingerprint density at radius 3 is 1.60 bits per heavy atom. The lowest BCUT2D eigenvalue weighted by atomic mass is 9.95. The quantitative estimate of drug-likeness (QED) is 0.176. The van der Waals surface area contributed by atoms with E-state index in [-0.39, 0.29) is 0 Å². The molecule has 0 bridgehead atoms. The van der Waals surface area contributed by atoms with E-state index in [9.17, 15) is 0 Å². The summed E-state index contributed by atoms with van der Waals surface area (Å²) in [6.45, 7) is 0. The summed E-state index contributed by atoms with van der Waals surface area (Å²) < 4.78 is 6.36. The minimum Gasteiger partial charge on any atom is -0.456 e. The number of anilines is 3. The maximum Gasteiger partial charge on any atom is 0.137 e. The molecule has 0 aliphatic carbocycles. The summed E-state index contributed by atoms with van der Waals surface area (Å²) in [6.07, 6.45) is 0. The normalized spacial score (nSPS) is 11.5. The van der Waals surface area contributed by atoms with Gasteiger partial charge in [0.25, 0.3) is 0 Å². The first-order valence-corrected chi connectivity index (χ1v) is 17.8. The zero-order valence-corrected chi connectivity index (χ0v) is 28.4. The van der Waals surface area contributed by atoms with E-state index in [0.29, 0.717) is 0 Å². The van der Waals surface area contributed by atoms with Gasteiger partial charge in [0, 0.05) is 16.8 Å². The van der Waals surface area contributed by atoms with E-state index in [2.05, 4.69) is 193 Å². The highest BCUT2D eigenvalue weighted by Crippen LogP contribution is 2.44. The van der Waals surface area contributed by atoms with E-state index in [1.165, 1.54) is 54.9 Å². The van der Waals surface area contributed by atoms with Crippen LogP contribution in [0, 0.1) is 0 Å². The predicted molar refractivity (Wildman–Crippen MR) is 220 cm³/mol. The van der Waals surface area contributed by atoms with Crippen molar-refractivity contribution < 1.29 is 4.42 Å². The van der Waals surface area contributed by atoms with E-state index >= 15 is 0 Å². The Hall–Kier alpha value is -6.90. The third-order valence-electron chi connectivity index (χ3n) is 10.3. The average Bonchev–Trinajstić information content (AvgIpc) is 3.61. The van der Waals surface area contributed by atoms with Crippen molar-refractivity contribution in [2.45, 2.75) is 0 Å². The van der Waals surface area contributed by atoms with Gasteiger partial charge < -0.3 is 9.32 Å². The van der Waals surface area contributed by atoms with Crippen LogP contribution in [0.1, 0.15) is 0 Å². The van der Waals surface area contributed by atoms with Crippen LogP contribution < -0.4 is 4.90 Å². The van der Waals surface area contributed by atoms with Crippen molar-refractivity contribution >= 4 is 60.5 Å². The molecule has 10 aromatic rings. The van der Waals surface area contributed by atoms with Gasteiger partial charge >= 0.3 is 0 Å². The SMILES string of the molecule is c1ccc(-c2ccc3c(-c4ccc(N(c5ccc(-c6cccc7ccccc67)cc5)c5cccc6oc7ccccc7c56)cc4)cccc3c2)cc1. The first-order valence-electron chi connectivity index (χ1n) is 17.8. The molecule has 9 aromatic carbocycles. The molecule has 1 heterocycles. The zero-order valence-electron chi connectivity index (χ0n) is 28.4. The number of furan rings is 1.